The molecule has 4 rings (SSSR count). The highest BCUT2D eigenvalue weighted by molar-refractivity contribution is 6.34. The molecule has 1 fully saturated rings. The third-order valence-corrected chi connectivity index (χ3v) is 8.10. The number of benzene rings is 1. The molecule has 44 heavy (non-hydrogen) atoms. The van der Waals surface area contributed by atoms with E-state index in [2.05, 4.69) is 32.9 Å². The van der Waals surface area contributed by atoms with Crippen LogP contribution >= 0.6 is 11.6 Å². The maximum absolute atomic E-state index is 13.4. The lowest BCUT2D eigenvalue weighted by Crippen LogP contribution is -2.42. The van der Waals surface area contributed by atoms with Crippen molar-refractivity contribution in [3.63, 3.8) is 0 Å². The van der Waals surface area contributed by atoms with Crippen molar-refractivity contribution in [3.8, 4) is 0 Å². The molecular formula is C34H48ClN5O4. The smallest absolute Gasteiger partial charge is 0.410 e. The van der Waals surface area contributed by atoms with E-state index in [0.29, 0.717) is 43.7 Å². The quantitative estimate of drug-likeness (QED) is 0.213. The fraction of sp³-hybridized carbons (Fsp3) is 0.588. The molecule has 2 aromatic heterocycles. The minimum atomic E-state index is -0.605. The maximum Gasteiger partial charge on any atom is 0.410 e. The van der Waals surface area contributed by atoms with Crippen molar-refractivity contribution in [2.75, 3.05) is 26.2 Å². The number of aromatic nitrogens is 3. The largest absolute Gasteiger partial charge is 0.444 e. The van der Waals surface area contributed by atoms with E-state index in [9.17, 15) is 9.59 Å². The summed E-state index contributed by atoms with van der Waals surface area (Å²) in [6, 6.07) is 10.4. The lowest BCUT2D eigenvalue weighted by molar-refractivity contribution is 0.0186. The van der Waals surface area contributed by atoms with Crippen LogP contribution in [0.1, 0.15) is 84.4 Å². The van der Waals surface area contributed by atoms with Crippen LogP contribution in [0.5, 0.6) is 0 Å². The summed E-state index contributed by atoms with van der Waals surface area (Å²) in [4.78, 5) is 38.8. The zero-order valence-electron chi connectivity index (χ0n) is 27.3. The van der Waals surface area contributed by atoms with E-state index in [0.717, 1.165) is 47.8 Å². The third kappa shape index (κ3) is 9.34. The first-order valence-electron chi connectivity index (χ1n) is 15.7. The molecule has 1 aliphatic rings. The molecule has 240 valence electrons. The van der Waals surface area contributed by atoms with Crippen molar-refractivity contribution < 1.29 is 19.1 Å². The molecule has 0 N–H and O–H groups in total. The van der Waals surface area contributed by atoms with Gasteiger partial charge in [-0.2, -0.15) is 0 Å². The van der Waals surface area contributed by atoms with Crippen LogP contribution < -0.4 is 0 Å². The number of carbonyl (C=O) groups excluding carboxylic acids is 2. The van der Waals surface area contributed by atoms with E-state index >= 15 is 0 Å². The third-order valence-electron chi connectivity index (χ3n) is 7.81. The highest BCUT2D eigenvalue weighted by Crippen LogP contribution is 2.38. The highest BCUT2D eigenvalue weighted by Gasteiger charge is 2.32. The van der Waals surface area contributed by atoms with Crippen molar-refractivity contribution in [2.45, 2.75) is 97.8 Å². The predicted molar refractivity (Wildman–Crippen MR) is 174 cm³/mol. The van der Waals surface area contributed by atoms with E-state index in [1.807, 2.05) is 71.6 Å². The van der Waals surface area contributed by atoms with Gasteiger partial charge < -0.3 is 23.8 Å². The molecular weight excluding hydrogens is 578 g/mol. The van der Waals surface area contributed by atoms with Crippen LogP contribution in [0.4, 0.5) is 9.59 Å². The van der Waals surface area contributed by atoms with E-state index in [4.69, 9.17) is 21.1 Å². The Labute approximate surface area is 266 Å². The Morgan fingerprint density at radius 2 is 1.57 bits per heavy atom. The lowest BCUT2D eigenvalue weighted by atomic mass is 10.1. The first-order chi connectivity index (χ1) is 20.7. The fourth-order valence-corrected chi connectivity index (χ4v) is 6.12. The molecule has 2 unspecified atom stereocenters. The summed E-state index contributed by atoms with van der Waals surface area (Å²) < 4.78 is 13.8. The van der Waals surface area contributed by atoms with Gasteiger partial charge in [0.15, 0.2) is 0 Å². The van der Waals surface area contributed by atoms with Crippen LogP contribution in [0, 0.1) is 12.8 Å². The molecule has 3 aromatic rings. The SMILES string of the molecule is Cc1cn(C2CCC(CN(CCCN(CCc3ccccc3)C(=O)OC(C)(C)C)C(=O)OC(C)(C)C)C2)c2ncnc(Cl)c12. The number of carbonyl (C=O) groups is 2. The molecule has 0 spiro atoms. The maximum atomic E-state index is 13.4. The molecule has 1 aliphatic carbocycles. The number of amides is 2. The van der Waals surface area contributed by atoms with Crippen molar-refractivity contribution in [1.82, 2.24) is 24.3 Å². The normalized spacial score (nSPS) is 17.1. The van der Waals surface area contributed by atoms with Gasteiger partial charge in [-0.1, -0.05) is 41.9 Å². The second kappa shape index (κ2) is 14.2. The van der Waals surface area contributed by atoms with E-state index < -0.39 is 11.2 Å². The van der Waals surface area contributed by atoms with Crippen molar-refractivity contribution in [3.05, 3.63) is 59.1 Å². The van der Waals surface area contributed by atoms with E-state index in [1.54, 1.807) is 4.90 Å². The summed E-state index contributed by atoms with van der Waals surface area (Å²) in [6.45, 7) is 15.4. The van der Waals surface area contributed by atoms with E-state index in [1.165, 1.54) is 6.33 Å². The van der Waals surface area contributed by atoms with Crippen LogP contribution in [0.15, 0.2) is 42.9 Å². The summed E-state index contributed by atoms with van der Waals surface area (Å²) in [6.07, 6.45) is 7.20. The van der Waals surface area contributed by atoms with Crippen molar-refractivity contribution in [1.29, 1.82) is 0 Å². The molecule has 9 nitrogen and oxygen atoms in total. The van der Waals surface area contributed by atoms with Crippen molar-refractivity contribution in [2.24, 2.45) is 5.92 Å². The van der Waals surface area contributed by atoms with Gasteiger partial charge in [0, 0.05) is 38.4 Å². The molecule has 2 heterocycles. The first kappa shape index (κ1) is 33.6. The minimum Gasteiger partial charge on any atom is -0.444 e. The van der Waals surface area contributed by atoms with Crippen LogP contribution in [-0.2, 0) is 15.9 Å². The highest BCUT2D eigenvalue weighted by atomic mass is 35.5. The van der Waals surface area contributed by atoms with Gasteiger partial charge in [0.25, 0.3) is 0 Å². The molecule has 0 aliphatic heterocycles. The van der Waals surface area contributed by atoms with Gasteiger partial charge in [-0.15, -0.1) is 0 Å². The Balaban J connectivity index is 1.42. The molecule has 2 atom stereocenters. The second-order valence-electron chi connectivity index (χ2n) is 13.9. The van der Waals surface area contributed by atoms with Gasteiger partial charge in [0.05, 0.1) is 5.39 Å². The molecule has 0 saturated heterocycles. The Hall–Kier alpha value is -3.33. The summed E-state index contributed by atoms with van der Waals surface area (Å²) in [5.74, 6) is 0.308. The number of rotatable bonds is 10. The molecule has 10 heteroatoms. The van der Waals surface area contributed by atoms with Crippen LogP contribution in [0.25, 0.3) is 11.0 Å². The monoisotopic (exact) mass is 625 g/mol. The zero-order chi connectivity index (χ0) is 32.1. The van der Waals surface area contributed by atoms with E-state index in [-0.39, 0.29) is 18.2 Å². The predicted octanol–water partition coefficient (Wildman–Crippen LogP) is 7.84. The van der Waals surface area contributed by atoms with Gasteiger partial charge in [-0.05, 0) is 97.6 Å². The van der Waals surface area contributed by atoms with Crippen molar-refractivity contribution >= 4 is 34.8 Å². The summed E-state index contributed by atoms with van der Waals surface area (Å²) in [5.41, 5.74) is 1.88. The Morgan fingerprint density at radius 1 is 0.932 bits per heavy atom. The fourth-order valence-electron chi connectivity index (χ4n) is 5.85. The number of halogens is 1. The van der Waals surface area contributed by atoms with Crippen LogP contribution in [0.2, 0.25) is 5.15 Å². The number of nitrogens with zero attached hydrogens (tertiary/aromatic N) is 5. The Bertz CT molecular complexity index is 1410. The second-order valence-corrected chi connectivity index (χ2v) is 14.3. The molecule has 1 aromatic carbocycles. The summed E-state index contributed by atoms with van der Waals surface area (Å²) >= 11 is 6.39. The van der Waals surface area contributed by atoms with Crippen LogP contribution in [-0.4, -0.2) is 73.9 Å². The van der Waals surface area contributed by atoms with Gasteiger partial charge in [-0.25, -0.2) is 19.6 Å². The number of aryl methyl sites for hydroxylation is 1. The van der Waals surface area contributed by atoms with Gasteiger partial charge in [0.1, 0.15) is 28.3 Å². The zero-order valence-corrected chi connectivity index (χ0v) is 28.1. The summed E-state index contributed by atoms with van der Waals surface area (Å²) in [5, 5.41) is 1.37. The molecule has 1 saturated carbocycles. The molecule has 0 bridgehead atoms. The topological polar surface area (TPSA) is 89.8 Å². The van der Waals surface area contributed by atoms with Gasteiger partial charge in [-0.3, -0.25) is 0 Å². The van der Waals surface area contributed by atoms with Gasteiger partial charge >= 0.3 is 12.2 Å². The number of ether oxygens (including phenoxy) is 2. The number of hydrogen-bond donors (Lipinski definition) is 0. The van der Waals surface area contributed by atoms with Gasteiger partial charge in [0.2, 0.25) is 0 Å². The lowest BCUT2D eigenvalue weighted by Gasteiger charge is -2.31. The standard InChI is InChI=1S/C34H48ClN5O4/c1-24-21-40(30-28(24)29(35)36-23-37-30)27-15-14-26(20-27)22-39(32(42)44-34(5,6)7)18-11-17-38(31(41)43-33(2,3)4)19-16-25-12-9-8-10-13-25/h8-10,12-13,21,23,26-27H,11,14-20,22H2,1-7H3. The number of fused-ring (bicyclic) bond motifs is 1. The average Bonchev–Trinajstić information content (AvgIpc) is 3.53. The minimum absolute atomic E-state index is 0.267. The summed E-state index contributed by atoms with van der Waals surface area (Å²) in [7, 11) is 0. The average molecular weight is 626 g/mol. The molecule has 0 radical (unpaired) electrons. The Kier molecular flexibility index (Phi) is 10.8. The molecule has 2 amide bonds. The van der Waals surface area contributed by atoms with Crippen LogP contribution in [0.3, 0.4) is 0 Å². The Morgan fingerprint density at radius 3 is 2.23 bits per heavy atom. The first-order valence-corrected chi connectivity index (χ1v) is 16.1. The number of hydrogen-bond acceptors (Lipinski definition) is 6.